The number of nitrogens with two attached hydrogens (primary N) is 1. The van der Waals surface area contributed by atoms with Gasteiger partial charge >= 0.3 is 0 Å². The lowest BCUT2D eigenvalue weighted by Gasteiger charge is -2.13. The Morgan fingerprint density at radius 1 is 1.27 bits per heavy atom. The number of hydrogen-bond acceptors (Lipinski definition) is 8. The van der Waals surface area contributed by atoms with Crippen LogP contribution in [0.5, 0.6) is 0 Å². The fraction of sp³-hybridized carbons (Fsp3) is 0.227. The van der Waals surface area contributed by atoms with Gasteiger partial charge in [0.15, 0.2) is 5.16 Å². The molecule has 170 valence electrons. The van der Waals surface area contributed by atoms with Gasteiger partial charge in [-0.1, -0.05) is 30.8 Å². The van der Waals surface area contributed by atoms with Gasteiger partial charge in [-0.15, -0.1) is 11.3 Å². The summed E-state index contributed by atoms with van der Waals surface area (Å²) >= 11 is 2.64. The quantitative estimate of drug-likeness (QED) is 0.214. The Bertz CT molecular complexity index is 1500. The summed E-state index contributed by atoms with van der Waals surface area (Å²) in [5, 5.41) is 26.5. The van der Waals surface area contributed by atoms with E-state index in [0.717, 1.165) is 22.2 Å². The molecule has 8 nitrogen and oxygen atoms in total. The summed E-state index contributed by atoms with van der Waals surface area (Å²) in [5.74, 6) is -0.0816. The Labute approximate surface area is 199 Å². The Morgan fingerprint density at radius 2 is 2.03 bits per heavy atom. The zero-order chi connectivity index (χ0) is 23.8. The number of aliphatic hydroxyl groups is 1. The minimum absolute atomic E-state index is 0.00825. The number of nitrogens with zero attached hydrogens (tertiary/aromatic N) is 4. The zero-order valence-electron chi connectivity index (χ0n) is 17.9. The van der Waals surface area contributed by atoms with Crippen molar-refractivity contribution in [3.05, 3.63) is 53.2 Å². The first kappa shape index (κ1) is 23.3. The van der Waals surface area contributed by atoms with Crippen LogP contribution >= 0.6 is 23.1 Å². The first-order chi connectivity index (χ1) is 15.7. The maximum Gasteiger partial charge on any atom is 0.238 e. The van der Waals surface area contributed by atoms with Crippen molar-refractivity contribution in [2.24, 2.45) is 5.14 Å². The summed E-state index contributed by atoms with van der Waals surface area (Å²) in [6.45, 7) is 4.48. The maximum absolute atomic E-state index is 11.7. The van der Waals surface area contributed by atoms with Crippen molar-refractivity contribution >= 4 is 59.9 Å². The van der Waals surface area contributed by atoms with Crippen LogP contribution in [0.1, 0.15) is 25.3 Å². The third kappa shape index (κ3) is 4.60. The van der Waals surface area contributed by atoms with Crippen molar-refractivity contribution in [3.63, 3.8) is 0 Å². The second-order valence-electron chi connectivity index (χ2n) is 7.36. The average molecular weight is 500 g/mol. The summed E-state index contributed by atoms with van der Waals surface area (Å²) < 4.78 is 26.4. The van der Waals surface area contributed by atoms with E-state index in [9.17, 15) is 18.8 Å². The number of aliphatic hydroxyl groups excluding tert-OH is 1. The smallest absolute Gasteiger partial charge is 0.238 e. The van der Waals surface area contributed by atoms with E-state index >= 15 is 0 Å². The molecule has 0 amide bonds. The van der Waals surface area contributed by atoms with Gasteiger partial charge in [0, 0.05) is 6.54 Å². The Balaban J connectivity index is 1.72. The number of aromatic nitrogens is 3. The van der Waals surface area contributed by atoms with Gasteiger partial charge in [-0.05, 0) is 43.7 Å². The van der Waals surface area contributed by atoms with Gasteiger partial charge in [-0.3, -0.25) is 0 Å². The van der Waals surface area contributed by atoms with Crippen molar-refractivity contribution in [1.82, 2.24) is 14.5 Å². The molecule has 2 aromatic carbocycles. The molecule has 0 saturated carbocycles. The molecule has 4 rings (SSSR count). The largest absolute Gasteiger partial charge is 0.510 e. The highest BCUT2D eigenvalue weighted by molar-refractivity contribution is 8.00. The number of para-hydroxylation sites is 1. The van der Waals surface area contributed by atoms with E-state index < -0.39 is 15.3 Å². The standard InChI is InChI=1S/C22H21N5O3S3/c1-3-10-27-18-9-8-14(33(24,29)30)11-17(18)26-22(27)31-13(2)20(28)15(12-23)21-25-16-6-4-5-7-19(16)32-21/h4-9,11,13,28H,3,10H2,1-2H3,(H2,24,29,30)/b20-15-. The van der Waals surface area contributed by atoms with E-state index in [2.05, 4.69) is 16.0 Å². The number of thiazole rings is 1. The molecule has 11 heteroatoms. The van der Waals surface area contributed by atoms with Crippen LogP contribution in [-0.2, 0) is 16.6 Å². The number of allylic oxidation sites excluding steroid dienone is 1. The van der Waals surface area contributed by atoms with Crippen LogP contribution in [0.3, 0.4) is 0 Å². The van der Waals surface area contributed by atoms with Gasteiger partial charge < -0.3 is 9.67 Å². The van der Waals surface area contributed by atoms with Crippen molar-refractivity contribution < 1.29 is 13.5 Å². The molecule has 1 atom stereocenters. The topological polar surface area (TPSA) is 135 Å². The van der Waals surface area contributed by atoms with Crippen LogP contribution in [0, 0.1) is 11.3 Å². The molecule has 0 fully saturated rings. The molecule has 1 unspecified atom stereocenters. The van der Waals surface area contributed by atoms with Crippen LogP contribution in [0.4, 0.5) is 0 Å². The van der Waals surface area contributed by atoms with Crippen molar-refractivity contribution in [2.45, 2.75) is 42.1 Å². The SMILES string of the molecule is CCCn1c(SC(C)/C(O)=C(\C#N)c2nc3ccccc3s2)nc2cc(S(N)(=O)=O)ccc21. The number of imidazole rings is 1. The predicted molar refractivity (Wildman–Crippen MR) is 131 cm³/mol. The number of thioether (sulfide) groups is 1. The Hall–Kier alpha value is -2.91. The Morgan fingerprint density at radius 3 is 2.70 bits per heavy atom. The van der Waals surface area contributed by atoms with E-state index in [1.807, 2.05) is 35.8 Å². The highest BCUT2D eigenvalue weighted by atomic mass is 32.2. The van der Waals surface area contributed by atoms with E-state index in [4.69, 9.17) is 5.14 Å². The van der Waals surface area contributed by atoms with Gasteiger partial charge in [0.1, 0.15) is 22.4 Å². The lowest BCUT2D eigenvalue weighted by molar-refractivity contribution is 0.402. The summed E-state index contributed by atoms with van der Waals surface area (Å²) in [4.78, 5) is 9.08. The number of primary sulfonamides is 1. The van der Waals surface area contributed by atoms with E-state index in [1.54, 1.807) is 13.0 Å². The van der Waals surface area contributed by atoms with Gasteiger partial charge in [-0.25, -0.2) is 23.5 Å². The molecular weight excluding hydrogens is 478 g/mol. The lowest BCUT2D eigenvalue weighted by atomic mass is 10.2. The van der Waals surface area contributed by atoms with Crippen LogP contribution in [0.2, 0.25) is 0 Å². The van der Waals surface area contributed by atoms with Crippen molar-refractivity contribution in [3.8, 4) is 6.07 Å². The monoisotopic (exact) mass is 499 g/mol. The van der Waals surface area contributed by atoms with Crippen molar-refractivity contribution in [2.75, 3.05) is 0 Å². The fourth-order valence-corrected chi connectivity index (χ4v) is 5.92. The number of sulfonamides is 1. The number of hydrogen-bond donors (Lipinski definition) is 2. The highest BCUT2D eigenvalue weighted by Crippen LogP contribution is 2.35. The molecular formula is C22H21N5O3S3. The number of fused-ring (bicyclic) bond motifs is 2. The van der Waals surface area contributed by atoms with Gasteiger partial charge in [-0.2, -0.15) is 5.26 Å². The van der Waals surface area contributed by atoms with E-state index in [-0.39, 0.29) is 16.2 Å². The molecule has 0 saturated heterocycles. The highest BCUT2D eigenvalue weighted by Gasteiger charge is 2.22. The normalized spacial score (nSPS) is 13.8. The van der Waals surface area contributed by atoms with Crippen LogP contribution in [-0.4, -0.2) is 33.3 Å². The summed E-state index contributed by atoms with van der Waals surface area (Å²) in [5.41, 5.74) is 2.17. The van der Waals surface area contributed by atoms with E-state index in [1.165, 1.54) is 35.2 Å². The molecule has 4 aromatic rings. The molecule has 33 heavy (non-hydrogen) atoms. The third-order valence-corrected chi connectivity index (χ3v) is 8.07. The molecule has 2 aromatic heterocycles. The first-order valence-corrected chi connectivity index (χ1v) is 13.4. The Kier molecular flexibility index (Phi) is 6.45. The second kappa shape index (κ2) is 9.15. The lowest BCUT2D eigenvalue weighted by Crippen LogP contribution is -2.11. The van der Waals surface area contributed by atoms with Gasteiger partial charge in [0.2, 0.25) is 10.0 Å². The second-order valence-corrected chi connectivity index (χ2v) is 11.3. The van der Waals surface area contributed by atoms with E-state index in [0.29, 0.717) is 22.2 Å². The number of nitriles is 1. The minimum Gasteiger partial charge on any atom is -0.510 e. The van der Waals surface area contributed by atoms with Crippen molar-refractivity contribution in [1.29, 1.82) is 5.26 Å². The van der Waals surface area contributed by atoms with Gasteiger partial charge in [0.25, 0.3) is 0 Å². The minimum atomic E-state index is -3.85. The zero-order valence-corrected chi connectivity index (χ0v) is 20.3. The summed E-state index contributed by atoms with van der Waals surface area (Å²) in [6, 6.07) is 14.2. The molecule has 0 bridgehead atoms. The van der Waals surface area contributed by atoms with Crippen LogP contribution in [0.25, 0.3) is 26.8 Å². The molecule has 2 heterocycles. The fourth-order valence-electron chi connectivity index (χ4n) is 3.41. The maximum atomic E-state index is 11.7. The molecule has 0 spiro atoms. The molecule has 3 N–H and O–H groups in total. The number of rotatable bonds is 7. The van der Waals surface area contributed by atoms with Crippen LogP contribution in [0.15, 0.2) is 58.3 Å². The third-order valence-electron chi connectivity index (χ3n) is 5.00. The molecule has 0 aliphatic carbocycles. The van der Waals surface area contributed by atoms with Crippen LogP contribution < -0.4 is 5.14 Å². The summed E-state index contributed by atoms with van der Waals surface area (Å²) in [7, 11) is -3.85. The molecule has 0 aliphatic heterocycles. The predicted octanol–water partition coefficient (Wildman–Crippen LogP) is 4.68. The summed E-state index contributed by atoms with van der Waals surface area (Å²) in [6.07, 6.45) is 0.835. The first-order valence-electron chi connectivity index (χ1n) is 10.1. The molecule has 0 aliphatic rings. The number of benzene rings is 2. The molecule has 0 radical (unpaired) electrons. The average Bonchev–Trinajstić information content (AvgIpc) is 3.34. The van der Waals surface area contributed by atoms with Gasteiger partial charge in [0.05, 0.1) is 31.4 Å². The number of aryl methyl sites for hydroxylation is 1.